The van der Waals surface area contributed by atoms with Gasteiger partial charge in [-0.1, -0.05) is 18.2 Å². The van der Waals surface area contributed by atoms with Crippen LogP contribution in [0.15, 0.2) is 42.5 Å². The highest BCUT2D eigenvalue weighted by Crippen LogP contribution is 2.38. The van der Waals surface area contributed by atoms with Gasteiger partial charge < -0.3 is 10.0 Å². The number of rotatable bonds is 3. The Kier molecular flexibility index (Phi) is 4.46. The first-order valence-corrected chi connectivity index (χ1v) is 8.60. The molecule has 1 heterocycles. The molecule has 1 N–H and O–H groups in total. The number of aryl methyl sites for hydroxylation is 1. The van der Waals surface area contributed by atoms with E-state index in [0.29, 0.717) is 17.1 Å². The summed E-state index contributed by atoms with van der Waals surface area (Å²) >= 11 is 5.58. The first-order valence-electron chi connectivity index (χ1n) is 8.19. The van der Waals surface area contributed by atoms with Gasteiger partial charge in [0.25, 0.3) is 5.91 Å². The first-order chi connectivity index (χ1) is 12.7. The number of anilines is 2. The van der Waals surface area contributed by atoms with Crippen LogP contribution in [0, 0.1) is 13.5 Å². The van der Waals surface area contributed by atoms with Gasteiger partial charge in [0.1, 0.15) is 5.54 Å². The van der Waals surface area contributed by atoms with Crippen LogP contribution in [0.5, 0.6) is 0 Å². The molecule has 1 saturated heterocycles. The molecular weight excluding hydrogens is 362 g/mol. The molecule has 7 heteroatoms. The molecule has 0 radical (unpaired) electrons. The van der Waals surface area contributed by atoms with Crippen LogP contribution in [0.25, 0.3) is 4.85 Å². The van der Waals surface area contributed by atoms with Crippen LogP contribution < -0.4 is 9.80 Å². The second kappa shape index (κ2) is 6.49. The van der Waals surface area contributed by atoms with Gasteiger partial charge in [0.2, 0.25) is 0 Å². The highest BCUT2D eigenvalue weighted by Gasteiger charge is 2.51. The molecule has 0 unspecified atom stereocenters. The van der Waals surface area contributed by atoms with Crippen molar-refractivity contribution in [1.82, 2.24) is 0 Å². The van der Waals surface area contributed by atoms with Crippen LogP contribution in [0.1, 0.15) is 29.8 Å². The van der Waals surface area contributed by atoms with Gasteiger partial charge in [-0.05, 0) is 62.8 Å². The Bertz CT molecular complexity index is 1020. The molecule has 0 aromatic heterocycles. The summed E-state index contributed by atoms with van der Waals surface area (Å²) in [5.41, 5.74) is 1.17. The molecule has 1 amide bonds. The van der Waals surface area contributed by atoms with Crippen molar-refractivity contribution in [3.63, 3.8) is 0 Å². The quantitative estimate of drug-likeness (QED) is 0.641. The van der Waals surface area contributed by atoms with Gasteiger partial charge >= 0.3 is 5.97 Å². The van der Waals surface area contributed by atoms with Crippen molar-refractivity contribution in [3.05, 3.63) is 65.0 Å². The molecule has 1 aliphatic rings. The minimum absolute atomic E-state index is 0.0714. The normalized spacial score (nSPS) is 15.8. The lowest BCUT2D eigenvalue weighted by Gasteiger charge is -2.30. The fourth-order valence-corrected chi connectivity index (χ4v) is 3.70. The molecule has 0 bridgehead atoms. The number of nitrogens with zero attached hydrogens (tertiary/aromatic N) is 3. The number of aromatic carboxylic acids is 1. The Morgan fingerprint density at radius 2 is 1.89 bits per heavy atom. The highest BCUT2D eigenvalue weighted by atomic mass is 32.1. The van der Waals surface area contributed by atoms with Crippen LogP contribution >= 0.6 is 12.2 Å². The maximum absolute atomic E-state index is 13.2. The van der Waals surface area contributed by atoms with Gasteiger partial charge in [-0.3, -0.25) is 9.69 Å². The van der Waals surface area contributed by atoms with E-state index in [9.17, 15) is 14.7 Å². The van der Waals surface area contributed by atoms with Gasteiger partial charge in [0.05, 0.1) is 17.8 Å². The van der Waals surface area contributed by atoms with Crippen LogP contribution in [-0.2, 0) is 4.79 Å². The molecule has 0 saturated carbocycles. The first kappa shape index (κ1) is 18.5. The van der Waals surface area contributed by atoms with E-state index >= 15 is 0 Å². The molecule has 3 rings (SSSR count). The average Bonchev–Trinajstić information content (AvgIpc) is 2.79. The number of carboxylic acids is 1. The van der Waals surface area contributed by atoms with E-state index < -0.39 is 11.5 Å². The molecule has 27 heavy (non-hydrogen) atoms. The lowest BCUT2D eigenvalue weighted by molar-refractivity contribution is -0.120. The van der Waals surface area contributed by atoms with Crippen LogP contribution in [0.3, 0.4) is 0 Å². The van der Waals surface area contributed by atoms with Crippen LogP contribution in [0.2, 0.25) is 0 Å². The second-order valence-corrected chi connectivity index (χ2v) is 7.09. The average molecular weight is 379 g/mol. The van der Waals surface area contributed by atoms with Crippen molar-refractivity contribution < 1.29 is 14.7 Å². The lowest BCUT2D eigenvalue weighted by Crippen LogP contribution is -2.45. The SMILES string of the molecule is [C-]#[N+]c1ccc(N2C(=O)C(C)(C)N(c3ccccc3C(=O)O)C2=S)cc1C. The number of amides is 1. The molecule has 2 aromatic carbocycles. The van der Waals surface area contributed by atoms with Gasteiger partial charge in [-0.15, -0.1) is 0 Å². The fourth-order valence-electron chi connectivity index (χ4n) is 3.18. The van der Waals surface area contributed by atoms with Gasteiger partial charge in [0.15, 0.2) is 10.8 Å². The maximum Gasteiger partial charge on any atom is 0.337 e. The summed E-state index contributed by atoms with van der Waals surface area (Å²) in [5.74, 6) is -1.35. The van der Waals surface area contributed by atoms with E-state index in [0.717, 1.165) is 5.56 Å². The molecule has 6 nitrogen and oxygen atoms in total. The fraction of sp³-hybridized carbons (Fsp3) is 0.200. The Morgan fingerprint density at radius 3 is 2.48 bits per heavy atom. The van der Waals surface area contributed by atoms with E-state index in [-0.39, 0.29) is 16.6 Å². The molecule has 0 aliphatic carbocycles. The van der Waals surface area contributed by atoms with E-state index in [1.807, 2.05) is 0 Å². The molecule has 2 aromatic rings. The third-order valence-corrected chi connectivity index (χ3v) is 4.97. The number of hydrogen-bond donors (Lipinski definition) is 1. The van der Waals surface area contributed by atoms with Crippen molar-refractivity contribution >= 4 is 46.3 Å². The summed E-state index contributed by atoms with van der Waals surface area (Å²) in [6.07, 6.45) is 0. The largest absolute Gasteiger partial charge is 0.478 e. The van der Waals surface area contributed by atoms with Crippen LogP contribution in [-0.4, -0.2) is 27.6 Å². The summed E-state index contributed by atoms with van der Waals surface area (Å²) in [6, 6.07) is 11.5. The molecule has 0 atom stereocenters. The Labute approximate surface area is 162 Å². The Morgan fingerprint density at radius 1 is 1.22 bits per heavy atom. The molecule has 0 spiro atoms. The van der Waals surface area contributed by atoms with Crippen molar-refractivity contribution in [2.75, 3.05) is 9.80 Å². The Hall–Kier alpha value is -3.24. The van der Waals surface area contributed by atoms with Gasteiger partial charge in [-0.2, -0.15) is 0 Å². The van der Waals surface area contributed by atoms with E-state index in [1.165, 1.54) is 11.0 Å². The van der Waals surface area contributed by atoms with Gasteiger partial charge in [-0.25, -0.2) is 9.64 Å². The zero-order valence-electron chi connectivity index (χ0n) is 15.1. The van der Waals surface area contributed by atoms with Crippen molar-refractivity contribution in [3.8, 4) is 0 Å². The van der Waals surface area contributed by atoms with Gasteiger partial charge in [0, 0.05) is 5.69 Å². The van der Waals surface area contributed by atoms with Crippen molar-refractivity contribution in [2.45, 2.75) is 26.3 Å². The monoisotopic (exact) mass is 379 g/mol. The summed E-state index contributed by atoms with van der Waals surface area (Å²) in [4.78, 5) is 31.2. The number of hydrogen-bond acceptors (Lipinski definition) is 3. The smallest absolute Gasteiger partial charge is 0.337 e. The zero-order chi connectivity index (χ0) is 19.9. The minimum Gasteiger partial charge on any atom is -0.478 e. The predicted molar refractivity (Wildman–Crippen MR) is 107 cm³/mol. The lowest BCUT2D eigenvalue weighted by atomic mass is 10.0. The predicted octanol–water partition coefficient (Wildman–Crippen LogP) is 4.16. The maximum atomic E-state index is 13.2. The number of carbonyl (C=O) groups excluding carboxylic acids is 1. The third-order valence-electron chi connectivity index (χ3n) is 4.60. The molecule has 1 aliphatic heterocycles. The topological polar surface area (TPSA) is 65.2 Å². The molecule has 136 valence electrons. The Balaban J connectivity index is 2.14. The number of thiocarbonyl (C=S) groups is 1. The zero-order valence-corrected chi connectivity index (χ0v) is 15.9. The number of benzene rings is 2. The summed E-state index contributed by atoms with van der Waals surface area (Å²) in [5, 5.41) is 9.73. The number of para-hydroxylation sites is 1. The third kappa shape index (κ3) is 2.84. The van der Waals surface area contributed by atoms with E-state index in [4.69, 9.17) is 18.8 Å². The number of carbonyl (C=O) groups is 2. The van der Waals surface area contributed by atoms with E-state index in [1.54, 1.807) is 62.1 Å². The standard InChI is InChI=1S/C20H17N3O3S/c1-12-11-13(9-10-15(12)21-4)22-18(26)20(2,3)23(19(22)27)16-8-6-5-7-14(16)17(24)25/h5-11H,1-3H3,(H,24,25). The number of carboxylic acid groups (broad SMARTS) is 1. The molecule has 1 fully saturated rings. The summed E-state index contributed by atoms with van der Waals surface area (Å²) in [6.45, 7) is 12.4. The highest BCUT2D eigenvalue weighted by molar-refractivity contribution is 7.81. The van der Waals surface area contributed by atoms with Crippen molar-refractivity contribution in [1.29, 1.82) is 0 Å². The second-order valence-electron chi connectivity index (χ2n) is 6.72. The van der Waals surface area contributed by atoms with Crippen LogP contribution in [0.4, 0.5) is 17.1 Å². The summed E-state index contributed by atoms with van der Waals surface area (Å²) in [7, 11) is 0. The van der Waals surface area contributed by atoms with E-state index in [2.05, 4.69) is 4.85 Å². The van der Waals surface area contributed by atoms with Crippen molar-refractivity contribution in [2.24, 2.45) is 0 Å². The minimum atomic E-state index is -1.09. The summed E-state index contributed by atoms with van der Waals surface area (Å²) < 4.78 is 0. The molecular formula is C20H17N3O3S.